The van der Waals surface area contributed by atoms with Crippen molar-refractivity contribution in [2.75, 3.05) is 26.3 Å². The fourth-order valence-corrected chi connectivity index (χ4v) is 2.20. The number of hydrogen-bond donors (Lipinski definition) is 2. The Balaban J connectivity index is 1.74. The highest BCUT2D eigenvalue weighted by Crippen LogP contribution is 2.17. The van der Waals surface area contributed by atoms with Crippen LogP contribution in [0.25, 0.3) is 0 Å². The van der Waals surface area contributed by atoms with Gasteiger partial charge in [0.2, 0.25) is 5.91 Å². The van der Waals surface area contributed by atoms with Crippen molar-refractivity contribution in [1.29, 1.82) is 0 Å². The summed E-state index contributed by atoms with van der Waals surface area (Å²) in [4.78, 5) is 11.9. The summed E-state index contributed by atoms with van der Waals surface area (Å²) in [6.07, 6.45) is 0.432. The molecule has 5 heteroatoms. The molecule has 0 saturated carbocycles. The number of amides is 1. The molecule has 0 radical (unpaired) electrons. The predicted octanol–water partition coefficient (Wildman–Crippen LogP) is 1.34. The van der Waals surface area contributed by atoms with Gasteiger partial charge in [-0.15, -0.1) is 0 Å². The smallest absolute Gasteiger partial charge is 0.221 e. The van der Waals surface area contributed by atoms with Crippen LogP contribution in [0, 0.1) is 0 Å². The van der Waals surface area contributed by atoms with Crippen molar-refractivity contribution >= 4 is 5.91 Å². The largest absolute Gasteiger partial charge is 0.486 e. The number of rotatable bonds is 6. The summed E-state index contributed by atoms with van der Waals surface area (Å²) in [7, 11) is 0. The molecule has 1 aliphatic heterocycles. The number of carbonyl (C=O) groups is 1. The van der Waals surface area contributed by atoms with Gasteiger partial charge in [-0.1, -0.05) is 18.2 Å². The molecule has 1 unspecified atom stereocenters. The number of nitrogens with one attached hydrogen (secondary N) is 2. The topological polar surface area (TPSA) is 59.6 Å². The summed E-state index contributed by atoms with van der Waals surface area (Å²) in [5.74, 6) is 0.821. The minimum atomic E-state index is -0.451. The average molecular weight is 292 g/mol. The van der Waals surface area contributed by atoms with Crippen LogP contribution < -0.4 is 15.4 Å². The Morgan fingerprint density at radius 2 is 2.19 bits per heavy atom. The highest BCUT2D eigenvalue weighted by atomic mass is 16.5. The zero-order valence-electron chi connectivity index (χ0n) is 12.7. The molecule has 0 bridgehead atoms. The van der Waals surface area contributed by atoms with Gasteiger partial charge in [-0.05, 0) is 26.0 Å². The van der Waals surface area contributed by atoms with Gasteiger partial charge in [0, 0.05) is 19.0 Å². The molecule has 1 aromatic carbocycles. The van der Waals surface area contributed by atoms with E-state index < -0.39 is 5.60 Å². The molecule has 21 heavy (non-hydrogen) atoms. The molecular formula is C16H24N2O3. The van der Waals surface area contributed by atoms with Gasteiger partial charge in [0.15, 0.2) is 0 Å². The van der Waals surface area contributed by atoms with E-state index in [0.717, 1.165) is 18.9 Å². The van der Waals surface area contributed by atoms with Crippen LogP contribution in [0.2, 0.25) is 0 Å². The standard InChI is InChI=1S/C16H24N2O3/c1-16(2,21-14-6-4-3-5-7-14)12-18-15(19)10-13-11-20-9-8-17-13/h3-7,13,17H,8-12H2,1-2H3,(H,18,19). The van der Waals surface area contributed by atoms with Crippen molar-refractivity contribution in [3.63, 3.8) is 0 Å². The third-order valence-electron chi connectivity index (χ3n) is 3.28. The second kappa shape index (κ2) is 7.43. The van der Waals surface area contributed by atoms with Gasteiger partial charge in [0.25, 0.3) is 0 Å². The molecule has 1 aliphatic rings. The monoisotopic (exact) mass is 292 g/mol. The first-order valence-electron chi connectivity index (χ1n) is 7.37. The van der Waals surface area contributed by atoms with E-state index in [0.29, 0.717) is 19.6 Å². The van der Waals surface area contributed by atoms with Crippen molar-refractivity contribution < 1.29 is 14.3 Å². The Kier molecular flexibility index (Phi) is 5.59. The Labute approximate surface area is 126 Å². The van der Waals surface area contributed by atoms with E-state index in [4.69, 9.17) is 9.47 Å². The van der Waals surface area contributed by atoms with Crippen molar-refractivity contribution in [3.05, 3.63) is 30.3 Å². The quantitative estimate of drug-likeness (QED) is 0.830. The van der Waals surface area contributed by atoms with Crippen molar-refractivity contribution in [3.8, 4) is 5.75 Å². The second-order valence-electron chi connectivity index (χ2n) is 5.88. The number of morpholine rings is 1. The van der Waals surface area contributed by atoms with Crippen LogP contribution >= 0.6 is 0 Å². The first-order valence-corrected chi connectivity index (χ1v) is 7.37. The van der Waals surface area contributed by atoms with Crippen LogP contribution in [0.1, 0.15) is 20.3 Å². The van der Waals surface area contributed by atoms with E-state index in [1.54, 1.807) is 0 Å². The lowest BCUT2D eigenvalue weighted by molar-refractivity contribution is -0.123. The van der Waals surface area contributed by atoms with Crippen LogP contribution in [0.3, 0.4) is 0 Å². The Bertz CT molecular complexity index is 442. The maximum Gasteiger partial charge on any atom is 0.221 e. The molecule has 1 saturated heterocycles. The number of ether oxygens (including phenoxy) is 2. The molecule has 0 aromatic heterocycles. The summed E-state index contributed by atoms with van der Waals surface area (Å²) in [6.45, 7) is 6.51. The van der Waals surface area contributed by atoms with Crippen LogP contribution in [-0.2, 0) is 9.53 Å². The third kappa shape index (κ3) is 5.73. The van der Waals surface area contributed by atoms with Crippen molar-refractivity contribution in [2.24, 2.45) is 0 Å². The summed E-state index contributed by atoms with van der Waals surface area (Å²) < 4.78 is 11.2. The lowest BCUT2D eigenvalue weighted by Gasteiger charge is -2.28. The van der Waals surface area contributed by atoms with E-state index in [1.807, 2.05) is 44.2 Å². The molecule has 0 spiro atoms. The molecule has 1 atom stereocenters. The SMILES string of the molecule is CC(C)(CNC(=O)CC1COCCN1)Oc1ccccc1. The summed E-state index contributed by atoms with van der Waals surface area (Å²) >= 11 is 0. The van der Waals surface area contributed by atoms with E-state index in [-0.39, 0.29) is 11.9 Å². The molecule has 2 N–H and O–H groups in total. The molecule has 1 amide bonds. The molecule has 1 fully saturated rings. The molecule has 1 heterocycles. The number of hydrogen-bond acceptors (Lipinski definition) is 4. The minimum Gasteiger partial charge on any atom is -0.486 e. The van der Waals surface area contributed by atoms with Gasteiger partial charge in [0.05, 0.1) is 19.8 Å². The normalized spacial score (nSPS) is 19.0. The molecule has 5 nitrogen and oxygen atoms in total. The zero-order chi connectivity index (χ0) is 15.1. The summed E-state index contributed by atoms with van der Waals surface area (Å²) in [5.41, 5.74) is -0.451. The predicted molar refractivity (Wildman–Crippen MR) is 81.4 cm³/mol. The molecule has 2 rings (SSSR count). The second-order valence-corrected chi connectivity index (χ2v) is 5.88. The number of para-hydroxylation sites is 1. The fraction of sp³-hybridized carbons (Fsp3) is 0.562. The van der Waals surface area contributed by atoms with E-state index in [1.165, 1.54) is 0 Å². The van der Waals surface area contributed by atoms with Crippen LogP contribution in [-0.4, -0.2) is 43.9 Å². The van der Waals surface area contributed by atoms with Gasteiger partial charge < -0.3 is 20.1 Å². The highest BCUT2D eigenvalue weighted by molar-refractivity contribution is 5.76. The molecular weight excluding hydrogens is 268 g/mol. The average Bonchev–Trinajstić information content (AvgIpc) is 2.47. The Morgan fingerprint density at radius 1 is 1.43 bits per heavy atom. The Morgan fingerprint density at radius 3 is 2.86 bits per heavy atom. The zero-order valence-corrected chi connectivity index (χ0v) is 12.7. The van der Waals surface area contributed by atoms with Crippen LogP contribution in [0.5, 0.6) is 5.75 Å². The van der Waals surface area contributed by atoms with Crippen molar-refractivity contribution in [1.82, 2.24) is 10.6 Å². The molecule has 1 aromatic rings. The molecule has 0 aliphatic carbocycles. The first kappa shape index (κ1) is 15.8. The minimum absolute atomic E-state index is 0.0164. The third-order valence-corrected chi connectivity index (χ3v) is 3.28. The lowest BCUT2D eigenvalue weighted by Crippen LogP contribution is -2.47. The maximum absolute atomic E-state index is 11.9. The van der Waals surface area contributed by atoms with Crippen LogP contribution in [0.15, 0.2) is 30.3 Å². The highest BCUT2D eigenvalue weighted by Gasteiger charge is 2.22. The van der Waals surface area contributed by atoms with Gasteiger partial charge in [-0.25, -0.2) is 0 Å². The number of benzene rings is 1. The fourth-order valence-electron chi connectivity index (χ4n) is 2.20. The van der Waals surface area contributed by atoms with E-state index in [2.05, 4.69) is 10.6 Å². The lowest BCUT2D eigenvalue weighted by atomic mass is 10.1. The van der Waals surface area contributed by atoms with Gasteiger partial charge >= 0.3 is 0 Å². The van der Waals surface area contributed by atoms with Gasteiger partial charge in [0.1, 0.15) is 11.4 Å². The van der Waals surface area contributed by atoms with E-state index in [9.17, 15) is 4.79 Å². The van der Waals surface area contributed by atoms with Gasteiger partial charge in [-0.2, -0.15) is 0 Å². The maximum atomic E-state index is 11.9. The van der Waals surface area contributed by atoms with Crippen molar-refractivity contribution in [2.45, 2.75) is 31.9 Å². The first-order chi connectivity index (χ1) is 10.1. The Hall–Kier alpha value is -1.59. The number of carbonyl (C=O) groups excluding carboxylic acids is 1. The summed E-state index contributed by atoms with van der Waals surface area (Å²) in [5, 5.41) is 6.20. The van der Waals surface area contributed by atoms with E-state index >= 15 is 0 Å². The van der Waals surface area contributed by atoms with Crippen LogP contribution in [0.4, 0.5) is 0 Å². The summed E-state index contributed by atoms with van der Waals surface area (Å²) in [6, 6.07) is 9.73. The molecule has 116 valence electrons. The van der Waals surface area contributed by atoms with Gasteiger partial charge in [-0.3, -0.25) is 4.79 Å².